The van der Waals surface area contributed by atoms with Crippen molar-refractivity contribution >= 4 is 40.6 Å². The van der Waals surface area contributed by atoms with E-state index in [9.17, 15) is 9.18 Å². The molecule has 1 atom stereocenters. The van der Waals surface area contributed by atoms with Crippen molar-refractivity contribution in [2.75, 3.05) is 11.1 Å². The molecule has 2 aromatic carbocycles. The number of rotatable bonds is 5. The summed E-state index contributed by atoms with van der Waals surface area (Å²) < 4.78 is 20.1. The van der Waals surface area contributed by atoms with E-state index < -0.39 is 17.8 Å². The van der Waals surface area contributed by atoms with E-state index in [4.69, 9.17) is 33.7 Å². The molecule has 0 spiro atoms. The predicted octanol–water partition coefficient (Wildman–Crippen LogP) is 5.81. The van der Waals surface area contributed by atoms with Crippen LogP contribution in [-0.4, -0.2) is 10.9 Å². The maximum absolute atomic E-state index is 14.3. The van der Waals surface area contributed by atoms with Gasteiger partial charge in [-0.05, 0) is 43.2 Å². The minimum atomic E-state index is -0.581. The van der Waals surface area contributed by atoms with Gasteiger partial charge in [0.2, 0.25) is 0 Å². The fourth-order valence-electron chi connectivity index (χ4n) is 2.69. The highest BCUT2D eigenvalue weighted by Crippen LogP contribution is 2.30. The SMILES string of the molecule is Cc1cccc(C(=O)Nc2cc([C@@H](C)Oc3cc(Cl)cnc3N)ccc2F)c1Cl. The number of pyridine rings is 1. The Kier molecular flexibility index (Phi) is 6.25. The van der Waals surface area contributed by atoms with Crippen LogP contribution in [0, 0.1) is 12.7 Å². The van der Waals surface area contributed by atoms with Crippen LogP contribution in [0.5, 0.6) is 5.75 Å². The lowest BCUT2D eigenvalue weighted by atomic mass is 10.1. The van der Waals surface area contributed by atoms with Gasteiger partial charge in [-0.1, -0.05) is 41.4 Å². The zero-order chi connectivity index (χ0) is 21.1. The number of carbonyl (C=O) groups excluding carboxylic acids is 1. The van der Waals surface area contributed by atoms with Crippen LogP contribution in [-0.2, 0) is 0 Å². The Morgan fingerprint density at radius 1 is 1.24 bits per heavy atom. The maximum Gasteiger partial charge on any atom is 0.257 e. The van der Waals surface area contributed by atoms with Gasteiger partial charge in [-0.25, -0.2) is 9.37 Å². The lowest BCUT2D eigenvalue weighted by Crippen LogP contribution is -2.15. The Balaban J connectivity index is 1.83. The third kappa shape index (κ3) is 4.78. The van der Waals surface area contributed by atoms with Crippen molar-refractivity contribution in [1.29, 1.82) is 0 Å². The number of nitrogens with two attached hydrogens (primary N) is 1. The van der Waals surface area contributed by atoms with Crippen molar-refractivity contribution in [1.82, 2.24) is 4.98 Å². The average Bonchev–Trinajstić information content (AvgIpc) is 2.68. The van der Waals surface area contributed by atoms with Crippen LogP contribution in [0.1, 0.15) is 34.5 Å². The monoisotopic (exact) mass is 433 g/mol. The summed E-state index contributed by atoms with van der Waals surface area (Å²) >= 11 is 12.1. The molecule has 1 amide bonds. The average molecular weight is 434 g/mol. The third-order valence-electron chi connectivity index (χ3n) is 4.30. The molecule has 1 aromatic heterocycles. The number of anilines is 2. The minimum Gasteiger partial charge on any atom is -0.482 e. The van der Waals surface area contributed by atoms with Gasteiger partial charge in [0.1, 0.15) is 11.9 Å². The Labute approximate surface area is 177 Å². The molecule has 5 nitrogen and oxygen atoms in total. The number of carbonyl (C=O) groups is 1. The molecule has 0 aliphatic rings. The standard InChI is InChI=1S/C21H18Cl2FN3O2/c1-11-4-3-5-15(19(11)23)21(28)27-17-8-13(6-7-16(17)24)12(2)29-18-9-14(22)10-26-20(18)25/h3-10,12H,1-2H3,(H2,25,26)(H,27,28)/t12-/m1/s1. The third-order valence-corrected chi connectivity index (χ3v) is 5.00. The zero-order valence-corrected chi connectivity index (χ0v) is 17.2. The molecular weight excluding hydrogens is 416 g/mol. The van der Waals surface area contributed by atoms with Crippen LogP contribution >= 0.6 is 23.2 Å². The van der Waals surface area contributed by atoms with Crippen LogP contribution in [0.25, 0.3) is 0 Å². The van der Waals surface area contributed by atoms with Crippen molar-refractivity contribution in [2.45, 2.75) is 20.0 Å². The van der Waals surface area contributed by atoms with Gasteiger partial charge < -0.3 is 15.8 Å². The van der Waals surface area contributed by atoms with Crippen molar-refractivity contribution in [3.63, 3.8) is 0 Å². The number of ether oxygens (including phenoxy) is 1. The van der Waals surface area contributed by atoms with Crippen molar-refractivity contribution in [3.05, 3.63) is 81.2 Å². The van der Waals surface area contributed by atoms with Gasteiger partial charge in [-0.15, -0.1) is 0 Å². The number of nitrogens with zero attached hydrogens (tertiary/aromatic N) is 1. The molecule has 3 N–H and O–H groups in total. The van der Waals surface area contributed by atoms with Crippen molar-refractivity contribution in [2.24, 2.45) is 0 Å². The molecule has 0 unspecified atom stereocenters. The normalized spacial score (nSPS) is 11.8. The number of halogens is 3. The summed E-state index contributed by atoms with van der Waals surface area (Å²) in [5.41, 5.74) is 7.45. The van der Waals surface area contributed by atoms with Crippen LogP contribution in [0.15, 0.2) is 48.7 Å². The van der Waals surface area contributed by atoms with Gasteiger partial charge in [0.15, 0.2) is 11.6 Å². The molecule has 150 valence electrons. The molecule has 0 saturated carbocycles. The van der Waals surface area contributed by atoms with Crippen LogP contribution < -0.4 is 15.8 Å². The summed E-state index contributed by atoms with van der Waals surface area (Å²) in [5, 5.41) is 3.26. The molecule has 29 heavy (non-hydrogen) atoms. The fraction of sp³-hybridized carbons (Fsp3) is 0.143. The molecule has 0 saturated heterocycles. The topological polar surface area (TPSA) is 77.2 Å². The van der Waals surface area contributed by atoms with E-state index in [1.807, 2.05) is 0 Å². The molecule has 0 aliphatic heterocycles. The smallest absolute Gasteiger partial charge is 0.257 e. The summed E-state index contributed by atoms with van der Waals surface area (Å²) in [4.78, 5) is 16.5. The number of aryl methyl sites for hydroxylation is 1. The van der Waals surface area contributed by atoms with E-state index in [0.29, 0.717) is 21.4 Å². The molecule has 3 rings (SSSR count). The first-order chi connectivity index (χ1) is 13.8. The fourth-order valence-corrected chi connectivity index (χ4v) is 3.05. The van der Waals surface area contributed by atoms with E-state index in [2.05, 4.69) is 10.3 Å². The molecule has 3 aromatic rings. The molecular formula is C21H18Cl2FN3O2. The first-order valence-corrected chi connectivity index (χ1v) is 9.45. The molecule has 1 heterocycles. The highest BCUT2D eigenvalue weighted by Gasteiger charge is 2.17. The lowest BCUT2D eigenvalue weighted by molar-refractivity contribution is 0.102. The van der Waals surface area contributed by atoms with Crippen LogP contribution in [0.2, 0.25) is 10.0 Å². The number of nitrogen functional groups attached to an aromatic ring is 1. The van der Waals surface area contributed by atoms with Crippen molar-refractivity contribution < 1.29 is 13.9 Å². The maximum atomic E-state index is 14.3. The molecule has 0 radical (unpaired) electrons. The molecule has 0 aliphatic carbocycles. The summed E-state index contributed by atoms with van der Waals surface area (Å²) in [5.74, 6) is -0.592. The number of benzene rings is 2. The summed E-state index contributed by atoms with van der Waals surface area (Å²) in [6.45, 7) is 3.55. The molecule has 8 heteroatoms. The number of aromatic nitrogens is 1. The number of nitrogens with one attached hydrogen (secondary N) is 1. The predicted molar refractivity (Wildman–Crippen MR) is 113 cm³/mol. The van der Waals surface area contributed by atoms with E-state index in [0.717, 1.165) is 5.56 Å². The second kappa shape index (κ2) is 8.68. The molecule has 0 bridgehead atoms. The van der Waals surface area contributed by atoms with Crippen LogP contribution in [0.3, 0.4) is 0 Å². The van der Waals surface area contributed by atoms with Crippen molar-refractivity contribution in [3.8, 4) is 5.75 Å². The first-order valence-electron chi connectivity index (χ1n) is 8.70. The second-order valence-corrected chi connectivity index (χ2v) is 7.24. The first kappa shape index (κ1) is 20.9. The number of hydrogen-bond donors (Lipinski definition) is 2. The van der Waals surface area contributed by atoms with Gasteiger partial charge in [0.05, 0.1) is 21.3 Å². The Morgan fingerprint density at radius 3 is 2.76 bits per heavy atom. The highest BCUT2D eigenvalue weighted by atomic mass is 35.5. The lowest BCUT2D eigenvalue weighted by Gasteiger charge is -2.17. The highest BCUT2D eigenvalue weighted by molar-refractivity contribution is 6.35. The van der Waals surface area contributed by atoms with E-state index in [1.54, 1.807) is 44.2 Å². The molecule has 0 fully saturated rings. The Bertz CT molecular complexity index is 1080. The minimum absolute atomic E-state index is 0.0118. The summed E-state index contributed by atoms with van der Waals surface area (Å²) in [7, 11) is 0. The largest absolute Gasteiger partial charge is 0.482 e. The summed E-state index contributed by atoms with van der Waals surface area (Å²) in [6.07, 6.45) is 0.910. The van der Waals surface area contributed by atoms with Gasteiger partial charge >= 0.3 is 0 Å². The number of hydrogen-bond acceptors (Lipinski definition) is 4. The van der Waals surface area contributed by atoms with Gasteiger partial charge in [-0.2, -0.15) is 0 Å². The zero-order valence-electron chi connectivity index (χ0n) is 15.7. The van der Waals surface area contributed by atoms with E-state index >= 15 is 0 Å². The Morgan fingerprint density at radius 2 is 2.00 bits per heavy atom. The Hall–Kier alpha value is -2.83. The van der Waals surface area contributed by atoms with E-state index in [1.165, 1.54) is 18.3 Å². The quantitative estimate of drug-likeness (QED) is 0.531. The second-order valence-electron chi connectivity index (χ2n) is 6.43. The van der Waals surface area contributed by atoms with E-state index in [-0.39, 0.29) is 17.1 Å². The summed E-state index contributed by atoms with van der Waals surface area (Å²) in [6, 6.07) is 10.9. The van der Waals surface area contributed by atoms with Gasteiger partial charge in [0.25, 0.3) is 5.91 Å². The van der Waals surface area contributed by atoms with Gasteiger partial charge in [-0.3, -0.25) is 4.79 Å². The number of amides is 1. The van der Waals surface area contributed by atoms with Crippen LogP contribution in [0.4, 0.5) is 15.9 Å². The van der Waals surface area contributed by atoms with Gasteiger partial charge in [0, 0.05) is 12.3 Å².